The SMILES string of the molecule is CC#CCn1ccc2c1CC(C)(C)CC2O. The van der Waals surface area contributed by atoms with Gasteiger partial charge in [0, 0.05) is 17.5 Å². The lowest BCUT2D eigenvalue weighted by Gasteiger charge is -2.33. The lowest BCUT2D eigenvalue weighted by Crippen LogP contribution is -2.26. The predicted octanol–water partition coefficient (Wildman–Crippen LogP) is 2.52. The lowest BCUT2D eigenvalue weighted by molar-refractivity contribution is 0.0981. The van der Waals surface area contributed by atoms with E-state index in [1.54, 1.807) is 0 Å². The second-order valence-electron chi connectivity index (χ2n) is 5.33. The molecule has 0 fully saturated rings. The highest BCUT2D eigenvalue weighted by Gasteiger charge is 2.32. The van der Waals surface area contributed by atoms with Crippen molar-refractivity contribution in [3.8, 4) is 11.8 Å². The van der Waals surface area contributed by atoms with Gasteiger partial charge in [-0.3, -0.25) is 0 Å². The minimum atomic E-state index is -0.311. The van der Waals surface area contributed by atoms with Crippen LogP contribution in [0.4, 0.5) is 0 Å². The molecule has 0 saturated carbocycles. The summed E-state index contributed by atoms with van der Waals surface area (Å²) in [4.78, 5) is 0. The van der Waals surface area contributed by atoms with Crippen LogP contribution in [-0.2, 0) is 13.0 Å². The lowest BCUT2D eigenvalue weighted by atomic mass is 9.75. The Bertz CT molecular complexity index is 445. The molecule has 86 valence electrons. The molecule has 0 bridgehead atoms. The van der Waals surface area contributed by atoms with Gasteiger partial charge in [0.25, 0.3) is 0 Å². The highest BCUT2D eigenvalue weighted by atomic mass is 16.3. The molecule has 0 aliphatic heterocycles. The van der Waals surface area contributed by atoms with Gasteiger partial charge in [-0.05, 0) is 31.2 Å². The average molecular weight is 217 g/mol. The van der Waals surface area contributed by atoms with Gasteiger partial charge < -0.3 is 9.67 Å². The van der Waals surface area contributed by atoms with E-state index in [0.29, 0.717) is 0 Å². The van der Waals surface area contributed by atoms with E-state index in [2.05, 4.69) is 30.3 Å². The van der Waals surface area contributed by atoms with E-state index in [4.69, 9.17) is 0 Å². The van der Waals surface area contributed by atoms with Crippen molar-refractivity contribution in [2.75, 3.05) is 0 Å². The molecule has 1 aliphatic rings. The summed E-state index contributed by atoms with van der Waals surface area (Å²) in [5.74, 6) is 5.99. The highest BCUT2D eigenvalue weighted by Crippen LogP contribution is 2.40. The van der Waals surface area contributed by atoms with E-state index in [-0.39, 0.29) is 11.5 Å². The normalized spacial score (nSPS) is 22.1. The molecule has 1 aromatic heterocycles. The van der Waals surface area contributed by atoms with E-state index in [1.165, 1.54) is 5.69 Å². The first kappa shape index (κ1) is 11.3. The molecule has 0 saturated heterocycles. The van der Waals surface area contributed by atoms with Crippen molar-refractivity contribution >= 4 is 0 Å². The first-order valence-corrected chi connectivity index (χ1v) is 5.79. The van der Waals surface area contributed by atoms with Crippen LogP contribution in [0.25, 0.3) is 0 Å². The summed E-state index contributed by atoms with van der Waals surface area (Å²) >= 11 is 0. The second-order valence-corrected chi connectivity index (χ2v) is 5.33. The summed E-state index contributed by atoms with van der Waals surface area (Å²) in [5, 5.41) is 10.1. The molecule has 0 radical (unpaired) electrons. The van der Waals surface area contributed by atoms with Crippen molar-refractivity contribution in [2.45, 2.75) is 46.3 Å². The zero-order chi connectivity index (χ0) is 11.8. The van der Waals surface area contributed by atoms with Crippen molar-refractivity contribution in [1.29, 1.82) is 0 Å². The number of fused-ring (bicyclic) bond motifs is 1. The quantitative estimate of drug-likeness (QED) is 0.718. The summed E-state index contributed by atoms with van der Waals surface area (Å²) < 4.78 is 2.16. The smallest absolute Gasteiger partial charge is 0.0834 e. The standard InChI is InChI=1S/C14H19NO/c1-4-5-7-15-8-6-11-12(15)9-14(2,3)10-13(11)16/h6,8,13,16H,7,9-10H2,1-3H3. The Balaban J connectivity index is 2.35. The summed E-state index contributed by atoms with van der Waals surface area (Å²) in [6.45, 7) is 7.01. The van der Waals surface area contributed by atoms with E-state index in [0.717, 1.165) is 24.9 Å². The fourth-order valence-corrected chi connectivity index (χ4v) is 2.50. The zero-order valence-electron chi connectivity index (χ0n) is 10.2. The van der Waals surface area contributed by atoms with Crippen LogP contribution in [0.2, 0.25) is 0 Å². The number of hydrogen-bond donors (Lipinski definition) is 1. The van der Waals surface area contributed by atoms with Crippen LogP contribution >= 0.6 is 0 Å². The van der Waals surface area contributed by atoms with Crippen molar-refractivity contribution in [1.82, 2.24) is 4.57 Å². The Morgan fingerprint density at radius 3 is 3.00 bits per heavy atom. The van der Waals surface area contributed by atoms with Crippen LogP contribution in [0, 0.1) is 17.3 Å². The van der Waals surface area contributed by atoms with E-state index in [9.17, 15) is 5.11 Å². The van der Waals surface area contributed by atoms with Crippen LogP contribution < -0.4 is 0 Å². The third-order valence-electron chi connectivity index (χ3n) is 3.29. The summed E-state index contributed by atoms with van der Waals surface area (Å²) in [6.07, 6.45) is 3.61. The van der Waals surface area contributed by atoms with Gasteiger partial charge in [0.2, 0.25) is 0 Å². The van der Waals surface area contributed by atoms with Gasteiger partial charge >= 0.3 is 0 Å². The van der Waals surface area contributed by atoms with Crippen LogP contribution in [0.1, 0.15) is 44.6 Å². The Kier molecular flexibility index (Phi) is 2.82. The minimum Gasteiger partial charge on any atom is -0.388 e. The van der Waals surface area contributed by atoms with Gasteiger partial charge in [0.05, 0.1) is 12.6 Å². The summed E-state index contributed by atoms with van der Waals surface area (Å²) in [5.41, 5.74) is 2.53. The number of hydrogen-bond acceptors (Lipinski definition) is 1. The van der Waals surface area contributed by atoms with Crippen LogP contribution in [0.15, 0.2) is 12.3 Å². The van der Waals surface area contributed by atoms with E-state index in [1.807, 2.05) is 19.2 Å². The molecule has 1 heterocycles. The number of aromatic nitrogens is 1. The topological polar surface area (TPSA) is 25.2 Å². The molecule has 1 atom stereocenters. The van der Waals surface area contributed by atoms with E-state index < -0.39 is 0 Å². The third-order valence-corrected chi connectivity index (χ3v) is 3.29. The Labute approximate surface area is 97.3 Å². The van der Waals surface area contributed by atoms with Crippen LogP contribution in [-0.4, -0.2) is 9.67 Å². The summed E-state index contributed by atoms with van der Waals surface area (Å²) in [7, 11) is 0. The van der Waals surface area contributed by atoms with Gasteiger partial charge in [-0.2, -0.15) is 0 Å². The Morgan fingerprint density at radius 2 is 2.31 bits per heavy atom. The second kappa shape index (κ2) is 3.99. The van der Waals surface area contributed by atoms with Crippen molar-refractivity contribution in [3.63, 3.8) is 0 Å². The Morgan fingerprint density at radius 1 is 1.56 bits per heavy atom. The van der Waals surface area contributed by atoms with Gasteiger partial charge in [-0.1, -0.05) is 19.8 Å². The molecule has 1 aromatic rings. The van der Waals surface area contributed by atoms with Crippen molar-refractivity contribution < 1.29 is 5.11 Å². The zero-order valence-corrected chi connectivity index (χ0v) is 10.2. The van der Waals surface area contributed by atoms with Crippen molar-refractivity contribution in [3.05, 3.63) is 23.5 Å². The highest BCUT2D eigenvalue weighted by molar-refractivity contribution is 5.29. The number of aliphatic hydroxyl groups is 1. The molecule has 2 rings (SSSR count). The number of rotatable bonds is 1. The van der Waals surface area contributed by atoms with Crippen LogP contribution in [0.5, 0.6) is 0 Å². The van der Waals surface area contributed by atoms with Gasteiger partial charge in [0.1, 0.15) is 0 Å². The van der Waals surface area contributed by atoms with E-state index >= 15 is 0 Å². The predicted molar refractivity (Wildman–Crippen MR) is 64.9 cm³/mol. The molecular weight excluding hydrogens is 198 g/mol. The Hall–Kier alpha value is -1.20. The fourth-order valence-electron chi connectivity index (χ4n) is 2.50. The number of nitrogens with zero attached hydrogens (tertiary/aromatic N) is 1. The molecule has 16 heavy (non-hydrogen) atoms. The molecule has 1 aliphatic carbocycles. The maximum absolute atomic E-state index is 10.1. The molecule has 2 nitrogen and oxygen atoms in total. The maximum Gasteiger partial charge on any atom is 0.0834 e. The molecule has 0 amide bonds. The molecule has 0 spiro atoms. The molecule has 2 heteroatoms. The maximum atomic E-state index is 10.1. The third kappa shape index (κ3) is 2.01. The monoisotopic (exact) mass is 217 g/mol. The molecule has 1 unspecified atom stereocenters. The van der Waals surface area contributed by atoms with Crippen LogP contribution in [0.3, 0.4) is 0 Å². The molecule has 1 N–H and O–H groups in total. The van der Waals surface area contributed by atoms with Gasteiger partial charge in [-0.25, -0.2) is 0 Å². The first-order chi connectivity index (χ1) is 7.53. The van der Waals surface area contributed by atoms with Gasteiger partial charge in [-0.15, -0.1) is 5.92 Å². The fraction of sp³-hybridized carbons (Fsp3) is 0.571. The number of aliphatic hydroxyl groups excluding tert-OH is 1. The van der Waals surface area contributed by atoms with Gasteiger partial charge in [0.15, 0.2) is 0 Å². The first-order valence-electron chi connectivity index (χ1n) is 5.79. The average Bonchev–Trinajstić information content (AvgIpc) is 2.56. The molecule has 0 aromatic carbocycles. The minimum absolute atomic E-state index is 0.183. The summed E-state index contributed by atoms with van der Waals surface area (Å²) in [6, 6.07) is 2.03. The van der Waals surface area contributed by atoms with Crippen molar-refractivity contribution in [2.24, 2.45) is 5.41 Å². The largest absolute Gasteiger partial charge is 0.388 e. The molecular formula is C14H19NO.